The normalized spacial score (nSPS) is 12.3. The number of hydrogen-bond donors (Lipinski definition) is 2. The van der Waals surface area contributed by atoms with Gasteiger partial charge in [-0.25, -0.2) is 4.99 Å². The van der Waals surface area contributed by atoms with Gasteiger partial charge in [-0.15, -0.1) is 0 Å². The Bertz CT molecular complexity index is 797. The number of nitrogens with one attached hydrogen (secondary N) is 1. The Labute approximate surface area is 123 Å². The number of aliphatic imine (C=N–C) groups is 1. The van der Waals surface area contributed by atoms with Crippen molar-refractivity contribution in [3.8, 4) is 6.07 Å². The molecule has 0 bridgehead atoms. The van der Waals surface area contributed by atoms with E-state index < -0.39 is 0 Å². The number of hydrogen-bond acceptors (Lipinski definition) is 4. The SMILES string of the molecule is CCc1c(C)cc2c(c1C#N)Nc1ccccc1N=C2N. The highest BCUT2D eigenvalue weighted by Gasteiger charge is 2.21. The van der Waals surface area contributed by atoms with Crippen LogP contribution >= 0.6 is 0 Å². The Morgan fingerprint density at radius 2 is 2.10 bits per heavy atom. The lowest BCUT2D eigenvalue weighted by atomic mass is 9.94. The van der Waals surface area contributed by atoms with Crippen LogP contribution in [-0.4, -0.2) is 5.84 Å². The summed E-state index contributed by atoms with van der Waals surface area (Å²) in [4.78, 5) is 4.48. The molecule has 0 saturated carbocycles. The number of nitriles is 1. The second-order valence-electron chi connectivity index (χ2n) is 5.07. The largest absolute Gasteiger partial charge is 0.383 e. The standard InChI is InChI=1S/C17H16N4/c1-3-11-10(2)8-12-16(13(11)9-18)20-14-6-4-5-7-15(14)21-17(12)19/h4-8,20H,3H2,1-2H3,(H2,19,21). The molecule has 0 unspecified atom stereocenters. The molecule has 0 aromatic heterocycles. The molecule has 0 radical (unpaired) electrons. The summed E-state index contributed by atoms with van der Waals surface area (Å²) in [6.45, 7) is 4.06. The molecule has 1 aliphatic heterocycles. The molecule has 0 amide bonds. The Hall–Kier alpha value is -2.80. The molecule has 2 aromatic carbocycles. The number of nitrogens with zero attached hydrogens (tertiary/aromatic N) is 2. The van der Waals surface area contributed by atoms with Crippen LogP contribution in [-0.2, 0) is 6.42 Å². The lowest BCUT2D eigenvalue weighted by Crippen LogP contribution is -2.15. The van der Waals surface area contributed by atoms with Crippen molar-refractivity contribution >= 4 is 22.9 Å². The van der Waals surface area contributed by atoms with Crippen molar-refractivity contribution in [3.05, 3.63) is 52.6 Å². The van der Waals surface area contributed by atoms with E-state index in [9.17, 15) is 5.26 Å². The van der Waals surface area contributed by atoms with E-state index in [0.29, 0.717) is 11.4 Å². The molecule has 4 nitrogen and oxygen atoms in total. The van der Waals surface area contributed by atoms with Crippen LogP contribution < -0.4 is 11.1 Å². The molecule has 21 heavy (non-hydrogen) atoms. The van der Waals surface area contributed by atoms with E-state index in [2.05, 4.69) is 23.3 Å². The van der Waals surface area contributed by atoms with Gasteiger partial charge in [0.1, 0.15) is 11.9 Å². The lowest BCUT2D eigenvalue weighted by Gasteiger charge is -2.16. The van der Waals surface area contributed by atoms with Crippen molar-refractivity contribution in [2.24, 2.45) is 10.7 Å². The lowest BCUT2D eigenvalue weighted by molar-refractivity contribution is 1.10. The first-order valence-electron chi connectivity index (χ1n) is 6.92. The van der Waals surface area contributed by atoms with E-state index in [-0.39, 0.29) is 0 Å². The third kappa shape index (κ3) is 2.03. The zero-order valence-electron chi connectivity index (χ0n) is 12.1. The Kier molecular flexibility index (Phi) is 3.11. The van der Waals surface area contributed by atoms with Crippen molar-refractivity contribution in [3.63, 3.8) is 0 Å². The monoisotopic (exact) mass is 276 g/mol. The van der Waals surface area contributed by atoms with Crippen LogP contribution in [0.25, 0.3) is 0 Å². The van der Waals surface area contributed by atoms with Gasteiger partial charge in [-0.2, -0.15) is 5.26 Å². The average molecular weight is 276 g/mol. The summed E-state index contributed by atoms with van der Waals surface area (Å²) < 4.78 is 0. The molecule has 4 heteroatoms. The minimum atomic E-state index is 0.435. The first kappa shape index (κ1) is 13.2. The molecule has 0 saturated heterocycles. The zero-order chi connectivity index (χ0) is 15.0. The van der Waals surface area contributed by atoms with Gasteiger partial charge in [-0.05, 0) is 42.7 Å². The molecule has 3 rings (SSSR count). The molecule has 0 atom stereocenters. The molecular weight excluding hydrogens is 260 g/mol. The minimum absolute atomic E-state index is 0.435. The number of benzene rings is 2. The van der Waals surface area contributed by atoms with Crippen LogP contribution in [0, 0.1) is 18.3 Å². The van der Waals surface area contributed by atoms with Crippen molar-refractivity contribution in [1.82, 2.24) is 0 Å². The van der Waals surface area contributed by atoms with Crippen molar-refractivity contribution in [2.45, 2.75) is 20.3 Å². The van der Waals surface area contributed by atoms with E-state index >= 15 is 0 Å². The van der Waals surface area contributed by atoms with Gasteiger partial charge in [0.2, 0.25) is 0 Å². The number of nitrogens with two attached hydrogens (primary N) is 1. The Morgan fingerprint density at radius 1 is 1.33 bits per heavy atom. The van der Waals surface area contributed by atoms with E-state index in [1.165, 1.54) is 0 Å². The second-order valence-corrected chi connectivity index (χ2v) is 5.07. The third-order valence-electron chi connectivity index (χ3n) is 3.80. The molecule has 0 spiro atoms. The predicted molar refractivity (Wildman–Crippen MR) is 85.4 cm³/mol. The zero-order valence-corrected chi connectivity index (χ0v) is 12.1. The molecule has 2 aromatic rings. The quantitative estimate of drug-likeness (QED) is 0.836. The van der Waals surface area contributed by atoms with Crippen molar-refractivity contribution in [1.29, 1.82) is 5.26 Å². The van der Waals surface area contributed by atoms with E-state index in [1.54, 1.807) is 0 Å². The summed E-state index contributed by atoms with van der Waals surface area (Å²) in [6.07, 6.45) is 0.808. The van der Waals surface area contributed by atoms with Crippen molar-refractivity contribution in [2.75, 3.05) is 5.32 Å². The first-order valence-corrected chi connectivity index (χ1v) is 6.92. The van der Waals surface area contributed by atoms with Crippen LogP contribution in [0.2, 0.25) is 0 Å². The van der Waals surface area contributed by atoms with Gasteiger partial charge in [0.25, 0.3) is 0 Å². The highest BCUT2D eigenvalue weighted by molar-refractivity contribution is 6.08. The van der Waals surface area contributed by atoms with Gasteiger partial charge >= 0.3 is 0 Å². The number of rotatable bonds is 1. The molecule has 0 aliphatic carbocycles. The van der Waals surface area contributed by atoms with Gasteiger partial charge in [0.15, 0.2) is 0 Å². The van der Waals surface area contributed by atoms with Crippen LogP contribution in [0.5, 0.6) is 0 Å². The fourth-order valence-corrected chi connectivity index (χ4v) is 2.77. The predicted octanol–water partition coefficient (Wildman–Crippen LogP) is 3.52. The summed E-state index contributed by atoms with van der Waals surface area (Å²) in [5.41, 5.74) is 12.1. The van der Waals surface area contributed by atoms with Crippen LogP contribution in [0.15, 0.2) is 35.3 Å². The van der Waals surface area contributed by atoms with Gasteiger partial charge in [-0.3, -0.25) is 0 Å². The summed E-state index contributed by atoms with van der Waals surface area (Å²) in [7, 11) is 0. The highest BCUT2D eigenvalue weighted by Crippen LogP contribution is 2.37. The summed E-state index contributed by atoms with van der Waals surface area (Å²) in [5, 5.41) is 12.9. The number of aryl methyl sites for hydroxylation is 1. The molecular formula is C17H16N4. The van der Waals surface area contributed by atoms with Crippen LogP contribution in [0.1, 0.15) is 29.2 Å². The minimum Gasteiger partial charge on any atom is -0.383 e. The van der Waals surface area contributed by atoms with E-state index in [0.717, 1.165) is 40.2 Å². The van der Waals surface area contributed by atoms with Crippen LogP contribution in [0.4, 0.5) is 17.1 Å². The fraction of sp³-hybridized carbons (Fsp3) is 0.176. The maximum Gasteiger partial charge on any atom is 0.133 e. The molecule has 0 fully saturated rings. The second kappa shape index (κ2) is 4.95. The Balaban J connectivity index is 2.34. The van der Waals surface area contributed by atoms with E-state index in [1.807, 2.05) is 37.3 Å². The van der Waals surface area contributed by atoms with Crippen molar-refractivity contribution < 1.29 is 0 Å². The fourth-order valence-electron chi connectivity index (χ4n) is 2.77. The van der Waals surface area contributed by atoms with Crippen LogP contribution in [0.3, 0.4) is 0 Å². The topological polar surface area (TPSA) is 74.2 Å². The van der Waals surface area contributed by atoms with Gasteiger partial charge < -0.3 is 11.1 Å². The highest BCUT2D eigenvalue weighted by atomic mass is 15.0. The van der Waals surface area contributed by atoms with Gasteiger partial charge in [0.05, 0.1) is 22.6 Å². The first-order chi connectivity index (χ1) is 10.2. The number of amidine groups is 1. The summed E-state index contributed by atoms with van der Waals surface area (Å²) in [5.74, 6) is 0.435. The maximum absolute atomic E-state index is 9.59. The van der Waals surface area contributed by atoms with Gasteiger partial charge in [-0.1, -0.05) is 19.1 Å². The Morgan fingerprint density at radius 3 is 2.81 bits per heavy atom. The molecule has 1 heterocycles. The average Bonchev–Trinajstić information content (AvgIpc) is 2.62. The summed E-state index contributed by atoms with van der Waals surface area (Å²) in [6, 6.07) is 12.0. The third-order valence-corrected chi connectivity index (χ3v) is 3.80. The number of fused-ring (bicyclic) bond motifs is 2. The smallest absolute Gasteiger partial charge is 0.133 e. The molecule has 104 valence electrons. The number of anilines is 2. The summed E-state index contributed by atoms with van der Waals surface area (Å²) >= 11 is 0. The maximum atomic E-state index is 9.59. The van der Waals surface area contributed by atoms with E-state index in [4.69, 9.17) is 5.73 Å². The van der Waals surface area contributed by atoms with Gasteiger partial charge in [0, 0.05) is 5.56 Å². The molecule has 1 aliphatic rings. The molecule has 3 N–H and O–H groups in total. The number of para-hydroxylation sites is 2.